The fraction of sp³-hybridized carbons (Fsp3) is 0.556. The van der Waals surface area contributed by atoms with E-state index in [1.165, 1.54) is 42.6 Å². The monoisotopic (exact) mass is 472 g/mol. The van der Waals surface area contributed by atoms with Gasteiger partial charge >= 0.3 is 0 Å². The Morgan fingerprint density at radius 1 is 1.06 bits per heavy atom. The number of nitrogens with zero attached hydrogens (tertiary/aromatic N) is 1. The molecule has 3 nitrogen and oxygen atoms in total. The highest BCUT2D eigenvalue weighted by atomic mass is 32.2. The molecular weight excluding hydrogens is 438 g/mol. The van der Waals surface area contributed by atoms with Gasteiger partial charge in [-0.1, -0.05) is 25.5 Å². The number of benzene rings is 2. The summed E-state index contributed by atoms with van der Waals surface area (Å²) in [7, 11) is 0. The van der Waals surface area contributed by atoms with E-state index in [2.05, 4.69) is 40.8 Å². The van der Waals surface area contributed by atoms with Crippen LogP contribution in [0.1, 0.15) is 49.3 Å². The maximum atomic E-state index is 13.7. The molecule has 2 N–H and O–H groups in total. The molecule has 5 rings (SSSR count). The van der Waals surface area contributed by atoms with Crippen LogP contribution in [0.25, 0.3) is 0 Å². The summed E-state index contributed by atoms with van der Waals surface area (Å²) in [5.41, 5.74) is 3.08. The molecule has 178 valence electrons. The van der Waals surface area contributed by atoms with Gasteiger partial charge in [0.25, 0.3) is 0 Å². The average Bonchev–Trinajstić information content (AvgIpc) is 3.46. The van der Waals surface area contributed by atoms with Crippen molar-refractivity contribution in [3.05, 3.63) is 64.7 Å². The summed E-state index contributed by atoms with van der Waals surface area (Å²) < 4.78 is 30.8. The molecule has 3 aliphatic rings. The zero-order valence-corrected chi connectivity index (χ0v) is 20.1. The number of rotatable bonds is 9. The Labute approximate surface area is 200 Å². The third-order valence-corrected chi connectivity index (χ3v) is 8.56. The number of β-amino-alcohol motifs (C(OH)–C–C–N with tert-alkyl or cyclic N) is 1. The van der Waals surface area contributed by atoms with E-state index >= 15 is 0 Å². The van der Waals surface area contributed by atoms with Crippen LogP contribution in [0.5, 0.6) is 0 Å². The van der Waals surface area contributed by atoms with Crippen molar-refractivity contribution in [3.8, 4) is 0 Å². The molecule has 0 aromatic heterocycles. The highest BCUT2D eigenvalue weighted by Crippen LogP contribution is 2.37. The molecule has 1 saturated heterocycles. The predicted octanol–water partition coefficient (Wildman–Crippen LogP) is 5.61. The third-order valence-electron chi connectivity index (χ3n) is 7.40. The summed E-state index contributed by atoms with van der Waals surface area (Å²) in [5, 5.41) is 12.1. The normalized spacial score (nSPS) is 24.2. The smallest absolute Gasteiger partial charge is 0.159 e. The first-order chi connectivity index (χ1) is 15.9. The van der Waals surface area contributed by atoms with Gasteiger partial charge in [-0.15, -0.1) is 0 Å². The largest absolute Gasteiger partial charge is 0.388 e. The lowest BCUT2D eigenvalue weighted by atomic mass is 9.87. The van der Waals surface area contributed by atoms with E-state index in [1.807, 2.05) is 11.9 Å². The first-order valence-electron chi connectivity index (χ1n) is 12.3. The van der Waals surface area contributed by atoms with Gasteiger partial charge in [0.15, 0.2) is 11.6 Å². The van der Waals surface area contributed by atoms with Crippen LogP contribution in [0.15, 0.2) is 36.4 Å². The maximum Gasteiger partial charge on any atom is 0.159 e. The molecular formula is C27H34F2N2OS. The lowest BCUT2D eigenvalue weighted by Crippen LogP contribution is -2.43. The van der Waals surface area contributed by atoms with E-state index in [-0.39, 0.29) is 0 Å². The topological polar surface area (TPSA) is 35.5 Å². The zero-order chi connectivity index (χ0) is 23.0. The highest BCUT2D eigenvalue weighted by Gasteiger charge is 2.41. The molecule has 0 radical (unpaired) electrons. The van der Waals surface area contributed by atoms with Gasteiger partial charge in [-0.25, -0.2) is 8.78 Å². The number of hydrogen-bond acceptors (Lipinski definition) is 4. The molecule has 0 unspecified atom stereocenters. The number of hydrogen-bond donors (Lipinski definition) is 2. The summed E-state index contributed by atoms with van der Waals surface area (Å²) in [4.78, 5) is 2.38. The van der Waals surface area contributed by atoms with Crippen LogP contribution in [0.3, 0.4) is 0 Å². The Hall–Kier alpha value is -1.63. The zero-order valence-electron chi connectivity index (χ0n) is 19.3. The molecule has 33 heavy (non-hydrogen) atoms. The summed E-state index contributed by atoms with van der Waals surface area (Å²) in [6.45, 7) is 4.74. The van der Waals surface area contributed by atoms with Gasteiger partial charge in [0.05, 0.1) is 5.60 Å². The molecule has 2 aromatic rings. The first kappa shape index (κ1) is 23.1. The van der Waals surface area contributed by atoms with Gasteiger partial charge < -0.3 is 9.83 Å². The van der Waals surface area contributed by atoms with Crippen LogP contribution in [-0.2, 0) is 19.3 Å². The summed E-state index contributed by atoms with van der Waals surface area (Å²) in [5.74, 6) is -0.489. The fourth-order valence-electron chi connectivity index (χ4n) is 5.75. The van der Waals surface area contributed by atoms with E-state index in [9.17, 15) is 13.9 Å². The van der Waals surface area contributed by atoms with Crippen LogP contribution in [0.4, 0.5) is 14.5 Å². The SMILES string of the molecule is CCC[C@H]1CN(CC2(O)Cc3cc(F)c(F)cc3C2)C[C@H]1Cc1cccc(NSC2CC2)c1. The Morgan fingerprint density at radius 3 is 2.42 bits per heavy atom. The van der Waals surface area contributed by atoms with E-state index in [0.29, 0.717) is 31.2 Å². The lowest BCUT2D eigenvalue weighted by molar-refractivity contribution is 0.0172. The second kappa shape index (κ2) is 9.55. The molecule has 0 bridgehead atoms. The van der Waals surface area contributed by atoms with Crippen LogP contribution in [-0.4, -0.2) is 40.5 Å². The van der Waals surface area contributed by atoms with E-state index in [4.69, 9.17) is 0 Å². The van der Waals surface area contributed by atoms with Crippen LogP contribution >= 0.6 is 11.9 Å². The highest BCUT2D eigenvalue weighted by molar-refractivity contribution is 8.01. The number of halogens is 2. The van der Waals surface area contributed by atoms with Crippen molar-refractivity contribution in [1.29, 1.82) is 0 Å². The standard InChI is InChI=1S/C27H34F2N2OS/c1-2-4-19-15-31(17-27(32)13-20-11-25(28)26(29)12-21(20)14-27)16-22(19)9-18-5-3-6-23(10-18)30-33-24-7-8-24/h3,5-6,10-12,19,22,24,30,32H,2,4,7-9,13-17H2,1H3/t19-,22+/m0/s1. The molecule has 6 heteroatoms. The minimum absolute atomic E-state index is 0.394. The summed E-state index contributed by atoms with van der Waals surface area (Å²) in [6, 6.07) is 11.3. The summed E-state index contributed by atoms with van der Waals surface area (Å²) >= 11 is 1.84. The molecule has 2 aromatic carbocycles. The van der Waals surface area contributed by atoms with Gasteiger partial charge in [-0.05, 0) is 90.4 Å². The quantitative estimate of drug-likeness (QED) is 0.465. The van der Waals surface area contributed by atoms with E-state index in [1.54, 1.807) is 0 Å². The molecule has 0 amide bonds. The lowest BCUT2D eigenvalue weighted by Gasteiger charge is -2.28. The van der Waals surface area contributed by atoms with Crippen molar-refractivity contribution in [2.45, 2.75) is 62.7 Å². The van der Waals surface area contributed by atoms with Crippen molar-refractivity contribution in [3.63, 3.8) is 0 Å². The number of likely N-dealkylation sites (tertiary alicyclic amines) is 1. The van der Waals surface area contributed by atoms with Crippen molar-refractivity contribution in [2.24, 2.45) is 11.8 Å². The van der Waals surface area contributed by atoms with Crippen molar-refractivity contribution < 1.29 is 13.9 Å². The molecule has 2 atom stereocenters. The fourth-order valence-corrected chi connectivity index (χ4v) is 6.56. The molecule has 2 aliphatic carbocycles. The van der Waals surface area contributed by atoms with Crippen LogP contribution in [0.2, 0.25) is 0 Å². The summed E-state index contributed by atoms with van der Waals surface area (Å²) in [6.07, 6.45) is 6.80. The van der Waals surface area contributed by atoms with Gasteiger partial charge in [-0.2, -0.15) is 0 Å². The Balaban J connectivity index is 1.22. The Bertz CT molecular complexity index is 965. The molecule has 1 aliphatic heterocycles. The maximum absolute atomic E-state index is 13.7. The number of aliphatic hydroxyl groups is 1. The van der Waals surface area contributed by atoms with Gasteiger partial charge in [0.1, 0.15) is 0 Å². The minimum Gasteiger partial charge on any atom is -0.388 e. The molecule has 1 heterocycles. The van der Waals surface area contributed by atoms with Gasteiger partial charge in [-0.3, -0.25) is 4.90 Å². The van der Waals surface area contributed by atoms with Crippen molar-refractivity contribution in [1.82, 2.24) is 4.90 Å². The molecule has 0 spiro atoms. The van der Waals surface area contributed by atoms with Gasteiger partial charge in [0, 0.05) is 43.4 Å². The average molecular weight is 473 g/mol. The Morgan fingerprint density at radius 2 is 1.76 bits per heavy atom. The third kappa shape index (κ3) is 5.55. The van der Waals surface area contributed by atoms with Crippen molar-refractivity contribution in [2.75, 3.05) is 24.4 Å². The molecule has 2 fully saturated rings. The number of anilines is 1. The van der Waals surface area contributed by atoms with Crippen LogP contribution < -0.4 is 4.72 Å². The van der Waals surface area contributed by atoms with Crippen molar-refractivity contribution >= 4 is 17.6 Å². The Kier molecular flexibility index (Phi) is 6.69. The van der Waals surface area contributed by atoms with Gasteiger partial charge in [0.2, 0.25) is 0 Å². The van der Waals surface area contributed by atoms with Crippen LogP contribution in [0, 0.1) is 23.5 Å². The minimum atomic E-state index is -0.946. The number of nitrogens with one attached hydrogen (secondary N) is 1. The molecule has 1 saturated carbocycles. The predicted molar refractivity (Wildman–Crippen MR) is 131 cm³/mol. The van der Waals surface area contributed by atoms with E-state index in [0.717, 1.165) is 42.3 Å². The van der Waals surface area contributed by atoms with E-state index < -0.39 is 17.2 Å². The first-order valence-corrected chi connectivity index (χ1v) is 13.2. The second-order valence-corrected chi connectivity index (χ2v) is 11.5. The second-order valence-electron chi connectivity index (χ2n) is 10.4. The number of fused-ring (bicyclic) bond motifs is 1.